The molecular formula is C17H20O4. The summed E-state index contributed by atoms with van der Waals surface area (Å²) in [7, 11) is 2.65. The number of rotatable bonds is 2. The normalized spacial score (nSPS) is 18.6. The third-order valence-corrected chi connectivity index (χ3v) is 4.94. The second-order valence-corrected chi connectivity index (χ2v) is 5.94. The Kier molecular flexibility index (Phi) is 3.47. The van der Waals surface area contributed by atoms with Gasteiger partial charge in [0.2, 0.25) is 0 Å². The maximum Gasteiger partial charge on any atom is 0.323 e. The van der Waals surface area contributed by atoms with Crippen molar-refractivity contribution in [3.8, 4) is 0 Å². The van der Waals surface area contributed by atoms with E-state index in [4.69, 9.17) is 9.47 Å². The van der Waals surface area contributed by atoms with Crippen molar-refractivity contribution in [1.82, 2.24) is 0 Å². The van der Waals surface area contributed by atoms with E-state index < -0.39 is 17.4 Å². The molecular weight excluding hydrogens is 268 g/mol. The second kappa shape index (κ2) is 5.17. The largest absolute Gasteiger partial charge is 0.468 e. The maximum absolute atomic E-state index is 12.2. The van der Waals surface area contributed by atoms with Gasteiger partial charge >= 0.3 is 11.9 Å². The molecule has 0 bridgehead atoms. The zero-order valence-electron chi connectivity index (χ0n) is 12.5. The number of carbonyl (C=O) groups is 2. The van der Waals surface area contributed by atoms with E-state index >= 15 is 0 Å². The lowest BCUT2D eigenvalue weighted by molar-refractivity contribution is -0.170. The molecule has 0 saturated heterocycles. The molecule has 2 aliphatic carbocycles. The fourth-order valence-corrected chi connectivity index (χ4v) is 3.84. The number of carbonyl (C=O) groups excluding carboxylic acids is 2. The highest BCUT2D eigenvalue weighted by atomic mass is 16.5. The minimum Gasteiger partial charge on any atom is -0.468 e. The summed E-state index contributed by atoms with van der Waals surface area (Å²) >= 11 is 0. The van der Waals surface area contributed by atoms with Crippen molar-refractivity contribution in [2.45, 2.75) is 38.5 Å². The first-order valence-electron chi connectivity index (χ1n) is 7.41. The number of methoxy groups -OCH3 is 2. The molecule has 112 valence electrons. The molecule has 0 atom stereocenters. The highest BCUT2D eigenvalue weighted by Gasteiger charge is 2.50. The fourth-order valence-electron chi connectivity index (χ4n) is 3.84. The summed E-state index contributed by atoms with van der Waals surface area (Å²) in [5.41, 5.74) is 4.13. The van der Waals surface area contributed by atoms with Crippen molar-refractivity contribution in [3.05, 3.63) is 34.4 Å². The summed E-state index contributed by atoms with van der Waals surface area (Å²) in [6, 6.07) is 4.21. The van der Waals surface area contributed by atoms with Crippen LogP contribution >= 0.6 is 0 Å². The molecule has 0 unspecified atom stereocenters. The third kappa shape index (κ3) is 2.04. The zero-order chi connectivity index (χ0) is 15.0. The summed E-state index contributed by atoms with van der Waals surface area (Å²) < 4.78 is 9.77. The summed E-state index contributed by atoms with van der Waals surface area (Å²) in [4.78, 5) is 24.4. The Morgan fingerprint density at radius 3 is 2.24 bits per heavy atom. The Balaban J connectivity index is 2.03. The van der Waals surface area contributed by atoms with E-state index in [1.807, 2.05) is 0 Å². The van der Waals surface area contributed by atoms with Crippen molar-refractivity contribution in [3.63, 3.8) is 0 Å². The summed E-state index contributed by atoms with van der Waals surface area (Å²) in [6.45, 7) is 0. The van der Waals surface area contributed by atoms with E-state index in [9.17, 15) is 9.59 Å². The Hall–Kier alpha value is -1.84. The monoisotopic (exact) mass is 288 g/mol. The van der Waals surface area contributed by atoms with Gasteiger partial charge in [0.15, 0.2) is 5.41 Å². The van der Waals surface area contributed by atoms with Crippen LogP contribution in [-0.2, 0) is 44.7 Å². The van der Waals surface area contributed by atoms with Crippen molar-refractivity contribution in [2.24, 2.45) is 5.41 Å². The molecule has 2 aliphatic rings. The van der Waals surface area contributed by atoms with E-state index in [1.165, 1.54) is 37.3 Å². The van der Waals surface area contributed by atoms with Crippen molar-refractivity contribution in [1.29, 1.82) is 0 Å². The summed E-state index contributed by atoms with van der Waals surface area (Å²) in [5.74, 6) is -0.971. The number of hydrogen-bond acceptors (Lipinski definition) is 4. The minimum atomic E-state index is -1.18. The molecule has 0 saturated carbocycles. The topological polar surface area (TPSA) is 52.6 Å². The van der Waals surface area contributed by atoms with Crippen LogP contribution in [0, 0.1) is 5.41 Å². The van der Waals surface area contributed by atoms with E-state index in [2.05, 4.69) is 12.1 Å². The summed E-state index contributed by atoms with van der Waals surface area (Å²) in [6.07, 6.45) is 5.04. The Bertz CT molecular complexity index is 587. The zero-order valence-corrected chi connectivity index (χ0v) is 12.5. The SMILES string of the molecule is COC(=O)C1(C(=O)OC)CCc2c(ccc3c2CCC3)C1. The number of esters is 2. The predicted octanol–water partition coefficient (Wildman–Crippen LogP) is 2.00. The lowest BCUT2D eigenvalue weighted by atomic mass is 9.70. The standard InChI is InChI=1S/C17H20O4/c1-20-15(18)17(16(19)21-2)9-8-14-12(10-17)7-6-11-4-3-5-13(11)14/h6-7H,3-5,8-10H2,1-2H3. The van der Waals surface area contributed by atoms with Gasteiger partial charge in [-0.1, -0.05) is 12.1 Å². The van der Waals surface area contributed by atoms with Crippen molar-refractivity contribution >= 4 is 11.9 Å². The van der Waals surface area contributed by atoms with Gasteiger partial charge in [0.05, 0.1) is 14.2 Å². The first-order chi connectivity index (χ1) is 10.1. The fraction of sp³-hybridized carbons (Fsp3) is 0.529. The number of aryl methyl sites for hydroxylation is 1. The van der Waals surface area contributed by atoms with E-state index in [-0.39, 0.29) is 0 Å². The van der Waals surface area contributed by atoms with Gasteiger partial charge in [-0.25, -0.2) is 0 Å². The van der Waals surface area contributed by atoms with Crippen LogP contribution < -0.4 is 0 Å². The molecule has 0 aromatic heterocycles. The van der Waals surface area contributed by atoms with Gasteiger partial charge in [0, 0.05) is 0 Å². The predicted molar refractivity (Wildman–Crippen MR) is 77.0 cm³/mol. The van der Waals surface area contributed by atoms with Gasteiger partial charge < -0.3 is 9.47 Å². The molecule has 1 aromatic carbocycles. The van der Waals surface area contributed by atoms with Gasteiger partial charge in [-0.3, -0.25) is 9.59 Å². The average Bonchev–Trinajstić information content (AvgIpc) is 3.01. The number of ether oxygens (including phenoxy) is 2. The van der Waals surface area contributed by atoms with Gasteiger partial charge in [-0.15, -0.1) is 0 Å². The van der Waals surface area contributed by atoms with Gasteiger partial charge in [0.1, 0.15) is 0 Å². The smallest absolute Gasteiger partial charge is 0.323 e. The number of hydrogen-bond donors (Lipinski definition) is 0. The van der Waals surface area contributed by atoms with Crippen LogP contribution in [0.3, 0.4) is 0 Å². The van der Waals surface area contributed by atoms with Crippen molar-refractivity contribution in [2.75, 3.05) is 14.2 Å². The molecule has 3 rings (SSSR count). The average molecular weight is 288 g/mol. The van der Waals surface area contributed by atoms with Crippen LogP contribution in [0.5, 0.6) is 0 Å². The van der Waals surface area contributed by atoms with Crippen LogP contribution in [0.1, 0.15) is 35.1 Å². The molecule has 0 heterocycles. The Morgan fingerprint density at radius 1 is 0.952 bits per heavy atom. The molecule has 0 radical (unpaired) electrons. The van der Waals surface area contributed by atoms with Crippen LogP contribution in [0.25, 0.3) is 0 Å². The number of benzene rings is 1. The molecule has 0 amide bonds. The number of fused-ring (bicyclic) bond motifs is 3. The lowest BCUT2D eigenvalue weighted by Gasteiger charge is -2.34. The Labute approximate surface area is 124 Å². The van der Waals surface area contributed by atoms with Gasteiger partial charge in [-0.05, 0) is 60.8 Å². The first-order valence-corrected chi connectivity index (χ1v) is 7.41. The van der Waals surface area contributed by atoms with Crippen LogP contribution in [0.2, 0.25) is 0 Å². The van der Waals surface area contributed by atoms with E-state index in [1.54, 1.807) is 0 Å². The van der Waals surface area contributed by atoms with Gasteiger partial charge in [-0.2, -0.15) is 0 Å². The molecule has 0 aliphatic heterocycles. The van der Waals surface area contributed by atoms with Crippen LogP contribution in [0.15, 0.2) is 12.1 Å². The van der Waals surface area contributed by atoms with Crippen molar-refractivity contribution < 1.29 is 19.1 Å². The van der Waals surface area contributed by atoms with Crippen LogP contribution in [0.4, 0.5) is 0 Å². The molecule has 4 heteroatoms. The summed E-state index contributed by atoms with van der Waals surface area (Å²) in [5, 5.41) is 0. The van der Waals surface area contributed by atoms with Gasteiger partial charge in [0.25, 0.3) is 0 Å². The second-order valence-electron chi connectivity index (χ2n) is 5.94. The van der Waals surface area contributed by atoms with E-state index in [0.717, 1.165) is 24.8 Å². The van der Waals surface area contributed by atoms with Crippen LogP contribution in [-0.4, -0.2) is 26.2 Å². The molecule has 21 heavy (non-hydrogen) atoms. The maximum atomic E-state index is 12.2. The third-order valence-electron chi connectivity index (χ3n) is 4.94. The molecule has 4 nitrogen and oxygen atoms in total. The highest BCUT2D eigenvalue weighted by molar-refractivity contribution is 6.00. The van der Waals surface area contributed by atoms with E-state index in [0.29, 0.717) is 12.8 Å². The minimum absolute atomic E-state index is 0.384. The quantitative estimate of drug-likeness (QED) is 0.617. The molecule has 0 N–H and O–H groups in total. The Morgan fingerprint density at radius 2 is 1.57 bits per heavy atom. The first kappa shape index (κ1) is 14.1. The highest BCUT2D eigenvalue weighted by Crippen LogP contribution is 2.41. The molecule has 0 spiro atoms. The lowest BCUT2D eigenvalue weighted by Crippen LogP contribution is -2.45. The molecule has 1 aromatic rings. The molecule has 0 fully saturated rings.